The fourth-order valence-electron chi connectivity index (χ4n) is 3.94. The Morgan fingerprint density at radius 1 is 1.36 bits per heavy atom. The second-order valence-electron chi connectivity index (χ2n) is 7.33. The fourth-order valence-corrected chi connectivity index (χ4v) is 4.78. The first kappa shape index (κ1) is 19.2. The Morgan fingerprint density at radius 3 is 3.00 bits per heavy atom. The summed E-state index contributed by atoms with van der Waals surface area (Å²) in [7, 11) is 0. The monoisotopic (exact) mass is 400 g/mol. The van der Waals surface area contributed by atoms with Crippen LogP contribution >= 0.6 is 11.3 Å². The smallest absolute Gasteiger partial charge is 0.154 e. The van der Waals surface area contributed by atoms with E-state index in [1.165, 1.54) is 16.7 Å². The lowest BCUT2D eigenvalue weighted by molar-refractivity contribution is 0.226. The van der Waals surface area contributed by atoms with Crippen LogP contribution in [0.3, 0.4) is 0 Å². The molecule has 148 valence electrons. The molecule has 0 bridgehead atoms. The van der Waals surface area contributed by atoms with Crippen LogP contribution < -0.4 is 5.32 Å². The maximum Gasteiger partial charge on any atom is 0.154 e. The average molecular weight is 401 g/mol. The topological polar surface area (TPSA) is 61.3 Å². The second-order valence-corrected chi connectivity index (χ2v) is 8.24. The number of hydrogen-bond donors (Lipinski definition) is 2. The number of piperidine rings is 1. The van der Waals surface area contributed by atoms with Crippen molar-refractivity contribution >= 4 is 27.2 Å². The number of anilines is 1. The van der Waals surface area contributed by atoms with Gasteiger partial charge in [-0.2, -0.15) is 0 Å². The summed E-state index contributed by atoms with van der Waals surface area (Å²) in [6.07, 6.45) is 2.24. The van der Waals surface area contributed by atoms with Crippen LogP contribution in [-0.4, -0.2) is 45.9 Å². The molecule has 1 fully saturated rings. The van der Waals surface area contributed by atoms with Crippen molar-refractivity contribution < 1.29 is 9.50 Å². The number of hydrogen-bond acceptors (Lipinski definition) is 6. The Labute approximate surface area is 168 Å². The molecule has 1 saturated heterocycles. The van der Waals surface area contributed by atoms with Crippen LogP contribution in [0.4, 0.5) is 10.2 Å². The van der Waals surface area contributed by atoms with Crippen LogP contribution in [0.5, 0.6) is 0 Å². The largest absolute Gasteiger partial charge is 0.392 e. The summed E-state index contributed by atoms with van der Waals surface area (Å²) in [6.45, 7) is 7.19. The third-order valence-electron chi connectivity index (χ3n) is 5.60. The molecule has 1 atom stereocenters. The van der Waals surface area contributed by atoms with Gasteiger partial charge >= 0.3 is 0 Å². The van der Waals surface area contributed by atoms with Crippen LogP contribution in [0.1, 0.15) is 30.9 Å². The van der Waals surface area contributed by atoms with Crippen molar-refractivity contribution in [3.8, 4) is 11.3 Å². The number of nitrogens with one attached hydrogen (secondary N) is 1. The molecule has 2 aromatic heterocycles. The average Bonchev–Trinajstić information content (AvgIpc) is 3.09. The summed E-state index contributed by atoms with van der Waals surface area (Å²) in [5.41, 5.74) is 3.29. The van der Waals surface area contributed by atoms with Crippen molar-refractivity contribution in [2.24, 2.45) is 0 Å². The Balaban J connectivity index is 1.65. The Kier molecular flexibility index (Phi) is 5.57. The lowest BCUT2D eigenvalue weighted by atomic mass is 10.0. The van der Waals surface area contributed by atoms with Gasteiger partial charge in [-0.3, -0.25) is 0 Å². The zero-order valence-electron chi connectivity index (χ0n) is 16.2. The molecule has 1 aliphatic rings. The van der Waals surface area contributed by atoms with E-state index in [0.29, 0.717) is 17.2 Å². The normalized spacial score (nSPS) is 17.9. The van der Waals surface area contributed by atoms with Crippen molar-refractivity contribution in [2.75, 3.05) is 25.0 Å². The minimum atomic E-state index is -0.196. The van der Waals surface area contributed by atoms with Crippen LogP contribution in [0.15, 0.2) is 23.6 Å². The number of likely N-dealkylation sites (N-methyl/N-ethyl adjacent to an activating group) is 1. The van der Waals surface area contributed by atoms with Crippen molar-refractivity contribution in [1.29, 1.82) is 0 Å². The van der Waals surface area contributed by atoms with Gasteiger partial charge in [0.05, 0.1) is 12.3 Å². The number of nitrogens with zero attached hydrogens (tertiary/aromatic N) is 3. The number of benzene rings is 1. The summed E-state index contributed by atoms with van der Waals surface area (Å²) in [6, 6.07) is 5.89. The van der Waals surface area contributed by atoms with Gasteiger partial charge in [0.1, 0.15) is 5.82 Å². The molecule has 4 rings (SSSR count). The number of aliphatic hydroxyl groups is 1. The standard InChI is InChI=1S/C21H25FN4OS/c1-3-26-8-4-5-15(10-26)23-21-17(11-27)13(2)20(24-25-21)14-6-7-16-18(22)12-28-19(16)9-14/h6-7,9,12,15,27H,3-5,8,10-11H2,1-2H3,(H,23,25)/t15-/m1/s1. The van der Waals surface area contributed by atoms with Gasteiger partial charge < -0.3 is 15.3 Å². The predicted molar refractivity (Wildman–Crippen MR) is 112 cm³/mol. The number of aromatic nitrogens is 2. The van der Waals surface area contributed by atoms with E-state index in [9.17, 15) is 9.50 Å². The highest BCUT2D eigenvalue weighted by Crippen LogP contribution is 2.32. The lowest BCUT2D eigenvalue weighted by Crippen LogP contribution is -2.42. The number of halogens is 1. The van der Waals surface area contributed by atoms with Gasteiger partial charge in [0.15, 0.2) is 5.82 Å². The van der Waals surface area contributed by atoms with Gasteiger partial charge in [0, 0.05) is 39.2 Å². The van der Waals surface area contributed by atoms with E-state index in [1.807, 2.05) is 19.1 Å². The molecule has 3 heterocycles. The van der Waals surface area contributed by atoms with Crippen LogP contribution in [0.25, 0.3) is 21.3 Å². The summed E-state index contributed by atoms with van der Waals surface area (Å²) in [5, 5.41) is 24.5. The molecule has 0 amide bonds. The number of likely N-dealkylation sites (tertiary alicyclic amines) is 1. The molecule has 1 aromatic carbocycles. The van der Waals surface area contributed by atoms with E-state index >= 15 is 0 Å². The van der Waals surface area contributed by atoms with Gasteiger partial charge in [-0.25, -0.2) is 4.39 Å². The van der Waals surface area contributed by atoms with E-state index < -0.39 is 0 Å². The van der Waals surface area contributed by atoms with Crippen molar-refractivity contribution in [1.82, 2.24) is 15.1 Å². The third kappa shape index (κ3) is 3.62. The highest BCUT2D eigenvalue weighted by molar-refractivity contribution is 7.17. The highest BCUT2D eigenvalue weighted by atomic mass is 32.1. The predicted octanol–water partition coefficient (Wildman–Crippen LogP) is 4.19. The maximum absolute atomic E-state index is 13.7. The third-order valence-corrected chi connectivity index (χ3v) is 6.51. The number of rotatable bonds is 5. The van der Waals surface area contributed by atoms with Crippen molar-refractivity contribution in [3.63, 3.8) is 0 Å². The van der Waals surface area contributed by atoms with E-state index in [2.05, 4.69) is 27.3 Å². The zero-order chi connectivity index (χ0) is 19.7. The molecular formula is C21H25FN4OS. The molecule has 0 spiro atoms. The first-order valence-corrected chi connectivity index (χ1v) is 10.6. The molecule has 3 aromatic rings. The minimum Gasteiger partial charge on any atom is -0.392 e. The summed E-state index contributed by atoms with van der Waals surface area (Å²) in [5.74, 6) is 0.466. The van der Waals surface area contributed by atoms with Gasteiger partial charge in [-0.15, -0.1) is 21.5 Å². The van der Waals surface area contributed by atoms with E-state index in [1.54, 1.807) is 6.07 Å². The molecule has 7 heteroatoms. The molecule has 0 radical (unpaired) electrons. The van der Waals surface area contributed by atoms with Gasteiger partial charge in [0.2, 0.25) is 0 Å². The molecule has 1 aliphatic heterocycles. The number of thiophene rings is 1. The Bertz CT molecular complexity index is 990. The zero-order valence-corrected chi connectivity index (χ0v) is 17.0. The molecule has 0 unspecified atom stereocenters. The van der Waals surface area contributed by atoms with Crippen LogP contribution in [-0.2, 0) is 6.61 Å². The minimum absolute atomic E-state index is 0.100. The molecule has 0 saturated carbocycles. The van der Waals surface area contributed by atoms with E-state index in [-0.39, 0.29) is 12.4 Å². The Hall–Kier alpha value is -2.09. The van der Waals surface area contributed by atoms with E-state index in [0.717, 1.165) is 59.6 Å². The Morgan fingerprint density at radius 2 is 2.21 bits per heavy atom. The molecular weight excluding hydrogens is 375 g/mol. The van der Waals surface area contributed by atoms with Gasteiger partial charge in [-0.1, -0.05) is 13.0 Å². The van der Waals surface area contributed by atoms with Crippen LogP contribution in [0.2, 0.25) is 0 Å². The number of aliphatic hydroxyl groups excluding tert-OH is 1. The van der Waals surface area contributed by atoms with Gasteiger partial charge in [0.25, 0.3) is 0 Å². The summed E-state index contributed by atoms with van der Waals surface area (Å²) >= 11 is 1.38. The molecule has 0 aliphatic carbocycles. The number of fused-ring (bicyclic) bond motifs is 1. The lowest BCUT2D eigenvalue weighted by Gasteiger charge is -2.32. The maximum atomic E-state index is 13.7. The summed E-state index contributed by atoms with van der Waals surface area (Å²) in [4.78, 5) is 2.42. The van der Waals surface area contributed by atoms with Crippen molar-refractivity contribution in [3.05, 3.63) is 40.5 Å². The molecule has 28 heavy (non-hydrogen) atoms. The molecule has 5 nitrogen and oxygen atoms in total. The first-order chi connectivity index (χ1) is 13.6. The fraction of sp³-hybridized carbons (Fsp3) is 0.429. The van der Waals surface area contributed by atoms with E-state index in [4.69, 9.17) is 0 Å². The quantitative estimate of drug-likeness (QED) is 0.672. The molecule has 2 N–H and O–H groups in total. The summed E-state index contributed by atoms with van der Waals surface area (Å²) < 4.78 is 14.6. The van der Waals surface area contributed by atoms with Crippen molar-refractivity contribution in [2.45, 2.75) is 39.3 Å². The first-order valence-electron chi connectivity index (χ1n) is 9.73. The van der Waals surface area contributed by atoms with Crippen LogP contribution in [0, 0.1) is 12.7 Å². The second kappa shape index (κ2) is 8.11. The SMILES string of the molecule is CCN1CCC[C@@H](Nc2nnc(-c3ccc4c(F)csc4c3)c(C)c2CO)C1. The highest BCUT2D eigenvalue weighted by Gasteiger charge is 2.22. The van der Waals surface area contributed by atoms with Gasteiger partial charge in [-0.05, 0) is 50.6 Å².